The van der Waals surface area contributed by atoms with Crippen molar-refractivity contribution in [2.75, 3.05) is 46.3 Å². The molecular formula is C12H24N4O. The van der Waals surface area contributed by atoms with E-state index in [0.29, 0.717) is 6.04 Å². The molecule has 2 amide bonds. The van der Waals surface area contributed by atoms with E-state index in [9.17, 15) is 4.79 Å². The summed E-state index contributed by atoms with van der Waals surface area (Å²) in [6.45, 7) is 5.71. The minimum Gasteiger partial charge on any atom is -0.336 e. The van der Waals surface area contributed by atoms with E-state index >= 15 is 0 Å². The molecule has 5 heteroatoms. The van der Waals surface area contributed by atoms with Gasteiger partial charge in [0.2, 0.25) is 0 Å². The second kappa shape index (κ2) is 6.21. The Morgan fingerprint density at radius 2 is 2.29 bits per heavy atom. The van der Waals surface area contributed by atoms with Crippen LogP contribution in [0.2, 0.25) is 0 Å². The molecule has 98 valence electrons. The van der Waals surface area contributed by atoms with Crippen LogP contribution in [0.15, 0.2) is 0 Å². The highest BCUT2D eigenvalue weighted by molar-refractivity contribution is 5.76. The SMILES string of the molecule is CN(CCN1CCNC1=O)CC1CCCCN1. The summed E-state index contributed by atoms with van der Waals surface area (Å²) in [5, 5.41) is 6.38. The van der Waals surface area contributed by atoms with Crippen molar-refractivity contribution in [2.45, 2.75) is 25.3 Å². The van der Waals surface area contributed by atoms with Gasteiger partial charge in [0.05, 0.1) is 0 Å². The van der Waals surface area contributed by atoms with Gasteiger partial charge >= 0.3 is 6.03 Å². The molecule has 2 aliphatic rings. The second-order valence-electron chi connectivity index (χ2n) is 5.13. The van der Waals surface area contributed by atoms with Gasteiger partial charge in [0.25, 0.3) is 0 Å². The maximum Gasteiger partial charge on any atom is 0.317 e. The number of amides is 2. The highest BCUT2D eigenvalue weighted by Crippen LogP contribution is 2.07. The lowest BCUT2D eigenvalue weighted by Crippen LogP contribution is -2.44. The third-order valence-corrected chi connectivity index (χ3v) is 3.64. The van der Waals surface area contributed by atoms with Gasteiger partial charge in [-0.25, -0.2) is 4.79 Å². The number of carbonyl (C=O) groups excluding carboxylic acids is 1. The van der Waals surface area contributed by atoms with Gasteiger partial charge < -0.3 is 20.4 Å². The lowest BCUT2D eigenvalue weighted by molar-refractivity contribution is 0.202. The van der Waals surface area contributed by atoms with E-state index in [0.717, 1.165) is 39.3 Å². The number of likely N-dealkylation sites (N-methyl/N-ethyl adjacent to an activating group) is 1. The lowest BCUT2D eigenvalue weighted by Gasteiger charge is -2.29. The summed E-state index contributed by atoms with van der Waals surface area (Å²) in [5.74, 6) is 0. The standard InChI is InChI=1S/C12H24N4O/c1-15(10-11-4-2-3-5-13-11)8-9-16-7-6-14-12(16)17/h11,13H,2-10H2,1H3,(H,14,17). The summed E-state index contributed by atoms with van der Waals surface area (Å²) in [5.41, 5.74) is 0. The van der Waals surface area contributed by atoms with Crippen LogP contribution in [0.4, 0.5) is 4.79 Å². The van der Waals surface area contributed by atoms with E-state index in [1.54, 1.807) is 0 Å². The number of hydrogen-bond acceptors (Lipinski definition) is 3. The zero-order valence-corrected chi connectivity index (χ0v) is 10.7. The van der Waals surface area contributed by atoms with Crippen molar-refractivity contribution >= 4 is 6.03 Å². The van der Waals surface area contributed by atoms with Crippen molar-refractivity contribution in [2.24, 2.45) is 0 Å². The van der Waals surface area contributed by atoms with E-state index in [-0.39, 0.29) is 6.03 Å². The van der Waals surface area contributed by atoms with E-state index in [1.807, 2.05) is 4.90 Å². The molecule has 0 saturated carbocycles. The Kier molecular flexibility index (Phi) is 4.62. The van der Waals surface area contributed by atoms with Gasteiger partial charge in [-0.15, -0.1) is 0 Å². The molecule has 2 fully saturated rings. The van der Waals surface area contributed by atoms with Crippen LogP contribution >= 0.6 is 0 Å². The van der Waals surface area contributed by atoms with Crippen LogP contribution in [-0.4, -0.2) is 68.2 Å². The molecule has 0 aromatic carbocycles. The fraction of sp³-hybridized carbons (Fsp3) is 0.917. The van der Waals surface area contributed by atoms with Crippen molar-refractivity contribution in [3.05, 3.63) is 0 Å². The molecule has 2 rings (SSSR count). The highest BCUT2D eigenvalue weighted by Gasteiger charge is 2.20. The highest BCUT2D eigenvalue weighted by atomic mass is 16.2. The van der Waals surface area contributed by atoms with Crippen molar-refractivity contribution in [1.29, 1.82) is 0 Å². The molecule has 5 nitrogen and oxygen atoms in total. The molecule has 0 aromatic rings. The summed E-state index contributed by atoms with van der Waals surface area (Å²) in [4.78, 5) is 15.6. The summed E-state index contributed by atoms with van der Waals surface area (Å²) in [6, 6.07) is 0.732. The third-order valence-electron chi connectivity index (χ3n) is 3.64. The number of carbonyl (C=O) groups is 1. The fourth-order valence-corrected chi connectivity index (χ4v) is 2.56. The molecular weight excluding hydrogens is 216 g/mol. The third kappa shape index (κ3) is 3.85. The molecule has 2 N–H and O–H groups in total. The van der Waals surface area contributed by atoms with Crippen LogP contribution in [0.25, 0.3) is 0 Å². The Bertz CT molecular complexity index is 253. The monoisotopic (exact) mass is 240 g/mol. The zero-order chi connectivity index (χ0) is 12.1. The van der Waals surface area contributed by atoms with Gasteiger partial charge in [0.1, 0.15) is 0 Å². The number of urea groups is 1. The number of rotatable bonds is 5. The average Bonchev–Trinajstić information content (AvgIpc) is 2.74. The first-order valence-electron chi connectivity index (χ1n) is 6.70. The molecule has 0 aliphatic carbocycles. The van der Waals surface area contributed by atoms with Gasteiger partial charge in [-0.05, 0) is 26.4 Å². The maximum absolute atomic E-state index is 11.4. The fourth-order valence-electron chi connectivity index (χ4n) is 2.56. The number of hydrogen-bond donors (Lipinski definition) is 2. The average molecular weight is 240 g/mol. The summed E-state index contributed by atoms with van der Waals surface area (Å²) < 4.78 is 0. The molecule has 2 heterocycles. The van der Waals surface area contributed by atoms with Crippen LogP contribution in [0, 0.1) is 0 Å². The van der Waals surface area contributed by atoms with Crippen LogP contribution in [-0.2, 0) is 0 Å². The van der Waals surface area contributed by atoms with Crippen molar-refractivity contribution in [1.82, 2.24) is 20.4 Å². The Labute approximate surface area is 104 Å². The first-order chi connectivity index (χ1) is 8.25. The topological polar surface area (TPSA) is 47.6 Å². The van der Waals surface area contributed by atoms with E-state index in [2.05, 4.69) is 22.6 Å². The minimum absolute atomic E-state index is 0.0918. The predicted molar refractivity (Wildman–Crippen MR) is 68.1 cm³/mol. The maximum atomic E-state index is 11.4. The van der Waals surface area contributed by atoms with Crippen LogP contribution in [0.5, 0.6) is 0 Å². The van der Waals surface area contributed by atoms with E-state index in [1.165, 1.54) is 19.3 Å². The molecule has 0 radical (unpaired) electrons. The molecule has 17 heavy (non-hydrogen) atoms. The normalized spacial score (nSPS) is 25.4. The molecule has 0 bridgehead atoms. The Hall–Kier alpha value is -0.810. The van der Waals surface area contributed by atoms with E-state index in [4.69, 9.17) is 0 Å². The summed E-state index contributed by atoms with van der Waals surface area (Å²) in [7, 11) is 2.14. The van der Waals surface area contributed by atoms with Gasteiger partial charge in [0.15, 0.2) is 0 Å². The Morgan fingerprint density at radius 3 is 2.94 bits per heavy atom. The van der Waals surface area contributed by atoms with Gasteiger partial charge in [-0.2, -0.15) is 0 Å². The van der Waals surface area contributed by atoms with Gasteiger partial charge in [-0.3, -0.25) is 0 Å². The first kappa shape index (κ1) is 12.6. The smallest absolute Gasteiger partial charge is 0.317 e. The molecule has 1 atom stereocenters. The Balaban J connectivity index is 1.62. The van der Waals surface area contributed by atoms with Crippen molar-refractivity contribution in [3.63, 3.8) is 0 Å². The largest absolute Gasteiger partial charge is 0.336 e. The quantitative estimate of drug-likeness (QED) is 0.716. The number of nitrogens with one attached hydrogen (secondary N) is 2. The summed E-state index contributed by atoms with van der Waals surface area (Å²) >= 11 is 0. The van der Waals surface area contributed by atoms with Crippen LogP contribution < -0.4 is 10.6 Å². The van der Waals surface area contributed by atoms with Crippen LogP contribution in [0.3, 0.4) is 0 Å². The first-order valence-corrected chi connectivity index (χ1v) is 6.70. The second-order valence-corrected chi connectivity index (χ2v) is 5.13. The minimum atomic E-state index is 0.0918. The van der Waals surface area contributed by atoms with Gasteiger partial charge in [0, 0.05) is 38.8 Å². The Morgan fingerprint density at radius 1 is 1.41 bits per heavy atom. The molecule has 2 aliphatic heterocycles. The van der Waals surface area contributed by atoms with Crippen molar-refractivity contribution < 1.29 is 4.79 Å². The van der Waals surface area contributed by atoms with Gasteiger partial charge in [-0.1, -0.05) is 6.42 Å². The predicted octanol–water partition coefficient (Wildman–Crippen LogP) is 0.0855. The van der Waals surface area contributed by atoms with Crippen LogP contribution in [0.1, 0.15) is 19.3 Å². The number of nitrogens with zero attached hydrogens (tertiary/aromatic N) is 2. The molecule has 2 saturated heterocycles. The van der Waals surface area contributed by atoms with Crippen molar-refractivity contribution in [3.8, 4) is 0 Å². The molecule has 0 aromatic heterocycles. The summed E-state index contributed by atoms with van der Waals surface area (Å²) in [6.07, 6.45) is 3.95. The van der Waals surface area contributed by atoms with E-state index < -0.39 is 0 Å². The molecule has 1 unspecified atom stereocenters. The molecule has 0 spiro atoms. The zero-order valence-electron chi connectivity index (χ0n) is 10.7. The lowest BCUT2D eigenvalue weighted by atomic mass is 10.0. The number of piperidine rings is 1.